The van der Waals surface area contributed by atoms with Crippen LogP contribution in [0.1, 0.15) is 18.9 Å². The molecule has 0 bridgehead atoms. The van der Waals surface area contributed by atoms with Crippen molar-refractivity contribution in [3.05, 3.63) is 35.6 Å². The van der Waals surface area contributed by atoms with Gasteiger partial charge in [0.1, 0.15) is 12.4 Å². The summed E-state index contributed by atoms with van der Waals surface area (Å²) in [5.74, 6) is 0.269. The second-order valence-corrected chi connectivity index (χ2v) is 2.90. The van der Waals surface area contributed by atoms with Gasteiger partial charge in [-0.05, 0) is 17.7 Å². The van der Waals surface area contributed by atoms with E-state index in [9.17, 15) is 4.39 Å². The van der Waals surface area contributed by atoms with Crippen molar-refractivity contribution >= 4 is 12.6 Å². The van der Waals surface area contributed by atoms with Crippen molar-refractivity contribution in [3.8, 4) is 0 Å². The largest absolute Gasteiger partial charge is 0.475 e. The lowest BCUT2D eigenvalue weighted by molar-refractivity contribution is 0.283. The van der Waals surface area contributed by atoms with Gasteiger partial charge in [-0.25, -0.2) is 4.39 Å². The summed E-state index contributed by atoms with van der Waals surface area (Å²) in [4.78, 5) is 0. The van der Waals surface area contributed by atoms with Gasteiger partial charge in [-0.15, -0.1) is 5.10 Å². The highest BCUT2D eigenvalue weighted by molar-refractivity contribution is 5.75. The summed E-state index contributed by atoms with van der Waals surface area (Å²) >= 11 is 0. The summed E-state index contributed by atoms with van der Waals surface area (Å²) in [6.45, 7) is 5.52. The summed E-state index contributed by atoms with van der Waals surface area (Å²) in [6.07, 6.45) is 0.653. The zero-order chi connectivity index (χ0) is 11.1. The number of hydrogen-bond donors (Lipinski definition) is 0. The molecule has 0 spiro atoms. The molecule has 1 aromatic rings. The first-order valence-corrected chi connectivity index (χ1v) is 4.66. The average Bonchev–Trinajstić information content (AvgIpc) is 2.26. The van der Waals surface area contributed by atoms with Gasteiger partial charge < -0.3 is 4.74 Å². The van der Waals surface area contributed by atoms with Gasteiger partial charge >= 0.3 is 0 Å². The summed E-state index contributed by atoms with van der Waals surface area (Å²) in [5.41, 5.74) is 0.890. The molecular formula is C11H13FN2O. The highest BCUT2D eigenvalue weighted by atomic mass is 19.1. The summed E-state index contributed by atoms with van der Waals surface area (Å²) in [6, 6.07) is 6.13. The molecule has 80 valence electrons. The lowest BCUT2D eigenvalue weighted by atomic mass is 10.2. The van der Waals surface area contributed by atoms with Gasteiger partial charge in [-0.1, -0.05) is 19.1 Å². The molecule has 0 atom stereocenters. The topological polar surface area (TPSA) is 34.0 Å². The SMILES string of the molecule is C=N/N=C(/CC)OCc1ccc(F)cc1. The fraction of sp³-hybridized carbons (Fsp3) is 0.273. The maximum absolute atomic E-state index is 12.6. The smallest absolute Gasteiger partial charge is 0.208 e. The zero-order valence-corrected chi connectivity index (χ0v) is 8.61. The lowest BCUT2D eigenvalue weighted by Crippen LogP contribution is -2.02. The number of ether oxygens (including phenoxy) is 1. The Morgan fingerprint density at radius 2 is 2.07 bits per heavy atom. The van der Waals surface area contributed by atoms with Crippen LogP contribution < -0.4 is 0 Å². The molecular weight excluding hydrogens is 195 g/mol. The third-order valence-corrected chi connectivity index (χ3v) is 1.80. The van der Waals surface area contributed by atoms with Gasteiger partial charge in [-0.2, -0.15) is 5.10 Å². The van der Waals surface area contributed by atoms with E-state index in [0.29, 0.717) is 18.9 Å². The highest BCUT2D eigenvalue weighted by Gasteiger charge is 1.98. The van der Waals surface area contributed by atoms with Crippen LogP contribution in [0.25, 0.3) is 0 Å². The molecule has 0 radical (unpaired) electrons. The van der Waals surface area contributed by atoms with Crippen LogP contribution in [0.5, 0.6) is 0 Å². The van der Waals surface area contributed by atoms with E-state index in [1.54, 1.807) is 12.1 Å². The molecule has 0 N–H and O–H groups in total. The first-order chi connectivity index (χ1) is 7.26. The van der Waals surface area contributed by atoms with E-state index >= 15 is 0 Å². The first-order valence-electron chi connectivity index (χ1n) is 4.66. The molecule has 0 fully saturated rings. The highest BCUT2D eigenvalue weighted by Crippen LogP contribution is 2.05. The van der Waals surface area contributed by atoms with Crippen molar-refractivity contribution in [3.63, 3.8) is 0 Å². The van der Waals surface area contributed by atoms with Crippen molar-refractivity contribution in [1.29, 1.82) is 0 Å². The molecule has 4 heteroatoms. The molecule has 0 saturated carbocycles. The number of nitrogens with zero attached hydrogens (tertiary/aromatic N) is 2. The Balaban J connectivity index is 2.52. The summed E-state index contributed by atoms with van der Waals surface area (Å²) < 4.78 is 17.9. The van der Waals surface area contributed by atoms with E-state index < -0.39 is 0 Å². The summed E-state index contributed by atoms with van der Waals surface area (Å²) in [5, 5.41) is 7.10. The number of rotatable bonds is 4. The van der Waals surface area contributed by atoms with Gasteiger partial charge in [0.2, 0.25) is 5.90 Å². The number of hydrogen-bond acceptors (Lipinski definition) is 3. The fourth-order valence-electron chi connectivity index (χ4n) is 1.03. The van der Waals surface area contributed by atoms with Crippen molar-refractivity contribution in [2.75, 3.05) is 0 Å². The van der Waals surface area contributed by atoms with Crippen molar-refractivity contribution in [2.45, 2.75) is 20.0 Å². The van der Waals surface area contributed by atoms with Crippen LogP contribution in [0.15, 0.2) is 34.5 Å². The fourth-order valence-corrected chi connectivity index (χ4v) is 1.03. The molecule has 0 heterocycles. The summed E-state index contributed by atoms with van der Waals surface area (Å²) in [7, 11) is 0. The predicted octanol–water partition coefficient (Wildman–Crippen LogP) is 2.77. The minimum atomic E-state index is -0.254. The molecule has 0 unspecified atom stereocenters. The van der Waals surface area contributed by atoms with Gasteiger partial charge in [0, 0.05) is 13.1 Å². The Bertz CT molecular complexity index is 346. The molecule has 0 saturated heterocycles. The predicted molar refractivity (Wildman–Crippen MR) is 58.5 cm³/mol. The molecule has 0 aliphatic heterocycles. The van der Waals surface area contributed by atoms with E-state index in [1.807, 2.05) is 6.92 Å². The molecule has 3 nitrogen and oxygen atoms in total. The van der Waals surface area contributed by atoms with Crippen molar-refractivity contribution < 1.29 is 9.13 Å². The standard InChI is InChI=1S/C11H13FN2O/c1-3-11(14-13-2)15-8-9-4-6-10(12)7-5-9/h4-7H,2-3,8H2,1H3/b14-11-. The first kappa shape index (κ1) is 11.4. The second-order valence-electron chi connectivity index (χ2n) is 2.90. The Kier molecular flexibility index (Phi) is 4.47. The van der Waals surface area contributed by atoms with E-state index in [1.165, 1.54) is 12.1 Å². The maximum atomic E-state index is 12.6. The van der Waals surface area contributed by atoms with Crippen LogP contribution in [0.4, 0.5) is 4.39 Å². The molecule has 1 aromatic carbocycles. The van der Waals surface area contributed by atoms with Gasteiger partial charge in [0.15, 0.2) is 0 Å². The van der Waals surface area contributed by atoms with E-state index in [-0.39, 0.29) is 5.82 Å². The third kappa shape index (κ3) is 3.89. The Labute approximate surface area is 88.3 Å². The quantitative estimate of drug-likeness (QED) is 0.425. The van der Waals surface area contributed by atoms with Gasteiger partial charge in [-0.3, -0.25) is 0 Å². The molecule has 15 heavy (non-hydrogen) atoms. The maximum Gasteiger partial charge on any atom is 0.208 e. The normalized spacial score (nSPS) is 11.2. The lowest BCUT2D eigenvalue weighted by Gasteiger charge is -2.05. The van der Waals surface area contributed by atoms with E-state index in [2.05, 4.69) is 16.9 Å². The minimum Gasteiger partial charge on any atom is -0.475 e. The van der Waals surface area contributed by atoms with Crippen LogP contribution in [0.2, 0.25) is 0 Å². The molecule has 0 amide bonds. The minimum absolute atomic E-state index is 0.254. The molecule has 0 aliphatic rings. The average molecular weight is 208 g/mol. The van der Waals surface area contributed by atoms with Crippen LogP contribution in [0, 0.1) is 5.82 Å². The van der Waals surface area contributed by atoms with Crippen molar-refractivity contribution in [1.82, 2.24) is 0 Å². The van der Waals surface area contributed by atoms with Crippen LogP contribution in [-0.4, -0.2) is 12.6 Å². The van der Waals surface area contributed by atoms with Crippen LogP contribution in [-0.2, 0) is 11.3 Å². The van der Waals surface area contributed by atoms with Crippen LogP contribution in [0.3, 0.4) is 0 Å². The van der Waals surface area contributed by atoms with Crippen LogP contribution >= 0.6 is 0 Å². The third-order valence-electron chi connectivity index (χ3n) is 1.80. The molecule has 1 rings (SSSR count). The Hall–Kier alpha value is -1.71. The number of benzene rings is 1. The second kappa shape index (κ2) is 5.90. The Morgan fingerprint density at radius 1 is 1.40 bits per heavy atom. The number of halogens is 1. The van der Waals surface area contributed by atoms with Gasteiger partial charge in [0.25, 0.3) is 0 Å². The monoisotopic (exact) mass is 208 g/mol. The molecule has 0 aliphatic carbocycles. The van der Waals surface area contributed by atoms with E-state index in [4.69, 9.17) is 4.74 Å². The van der Waals surface area contributed by atoms with E-state index in [0.717, 1.165) is 5.56 Å². The van der Waals surface area contributed by atoms with Crippen molar-refractivity contribution in [2.24, 2.45) is 10.2 Å². The van der Waals surface area contributed by atoms with Gasteiger partial charge in [0.05, 0.1) is 0 Å². The molecule has 0 aromatic heterocycles. The zero-order valence-electron chi connectivity index (χ0n) is 8.61. The Morgan fingerprint density at radius 3 is 2.60 bits per heavy atom.